The number of nitrogens with one attached hydrogen (secondary N) is 2. The van der Waals surface area contributed by atoms with E-state index in [4.69, 9.17) is 11.5 Å². The molecule has 106 valence electrons. The highest BCUT2D eigenvalue weighted by Crippen LogP contribution is 2.48. The number of hydrogen-bond donors (Lipinski definition) is 4. The van der Waals surface area contributed by atoms with Crippen molar-refractivity contribution in [1.29, 1.82) is 0 Å². The molecule has 1 fully saturated rings. The van der Waals surface area contributed by atoms with Gasteiger partial charge in [0, 0.05) is 26.2 Å². The van der Waals surface area contributed by atoms with E-state index >= 15 is 0 Å². The van der Waals surface area contributed by atoms with Gasteiger partial charge in [0.2, 0.25) is 11.8 Å². The van der Waals surface area contributed by atoms with Crippen LogP contribution in [0.4, 0.5) is 0 Å². The molecule has 0 unspecified atom stereocenters. The standard InChI is InChI=1S/C13H22N4O2/c14-3-5-16-12(18)10-8-1-2-9(7-8)11(10)13(19)17-6-4-15/h1-2,8-11H,3-7,14-15H2,(H,16,18)(H,17,19)/t8-,9+,10-,11-/m1/s1. The fourth-order valence-corrected chi connectivity index (χ4v) is 3.16. The second kappa shape index (κ2) is 6.16. The summed E-state index contributed by atoms with van der Waals surface area (Å²) in [6.45, 7) is 1.72. The fraction of sp³-hybridized carbons (Fsp3) is 0.692. The molecule has 0 spiro atoms. The van der Waals surface area contributed by atoms with Crippen LogP contribution in [0.2, 0.25) is 0 Å². The minimum Gasteiger partial charge on any atom is -0.355 e. The minimum absolute atomic E-state index is 0.0600. The van der Waals surface area contributed by atoms with E-state index in [0.29, 0.717) is 26.2 Å². The van der Waals surface area contributed by atoms with E-state index in [1.165, 1.54) is 0 Å². The average molecular weight is 266 g/mol. The molecule has 6 heteroatoms. The summed E-state index contributed by atoms with van der Waals surface area (Å²) in [6.07, 6.45) is 5.01. The zero-order valence-corrected chi connectivity index (χ0v) is 11.0. The van der Waals surface area contributed by atoms with Crippen molar-refractivity contribution < 1.29 is 9.59 Å². The van der Waals surface area contributed by atoms with E-state index in [9.17, 15) is 9.59 Å². The van der Waals surface area contributed by atoms with Crippen molar-refractivity contribution in [1.82, 2.24) is 10.6 Å². The van der Waals surface area contributed by atoms with Crippen LogP contribution in [-0.4, -0.2) is 38.0 Å². The Kier molecular flexibility index (Phi) is 4.55. The zero-order valence-electron chi connectivity index (χ0n) is 11.0. The van der Waals surface area contributed by atoms with Gasteiger partial charge in [-0.05, 0) is 18.3 Å². The van der Waals surface area contributed by atoms with Crippen molar-refractivity contribution in [2.45, 2.75) is 6.42 Å². The smallest absolute Gasteiger partial charge is 0.224 e. The molecule has 0 aromatic carbocycles. The lowest BCUT2D eigenvalue weighted by Crippen LogP contribution is -2.45. The number of amides is 2. The van der Waals surface area contributed by atoms with Crippen molar-refractivity contribution >= 4 is 11.8 Å². The molecular weight excluding hydrogens is 244 g/mol. The molecule has 2 rings (SSSR count). The minimum atomic E-state index is -0.265. The molecule has 1 saturated carbocycles. The maximum absolute atomic E-state index is 12.2. The fourth-order valence-electron chi connectivity index (χ4n) is 3.16. The molecular formula is C13H22N4O2. The quantitative estimate of drug-likeness (QED) is 0.442. The molecule has 0 aromatic rings. The van der Waals surface area contributed by atoms with Gasteiger partial charge >= 0.3 is 0 Å². The number of hydrogen-bond acceptors (Lipinski definition) is 4. The van der Waals surface area contributed by atoms with Crippen LogP contribution in [-0.2, 0) is 9.59 Å². The van der Waals surface area contributed by atoms with Gasteiger partial charge in [-0.15, -0.1) is 0 Å². The Morgan fingerprint density at radius 1 is 0.947 bits per heavy atom. The van der Waals surface area contributed by atoms with Crippen LogP contribution in [0.3, 0.4) is 0 Å². The Labute approximate surface area is 113 Å². The number of nitrogens with two attached hydrogens (primary N) is 2. The maximum atomic E-state index is 12.2. The summed E-state index contributed by atoms with van der Waals surface area (Å²) >= 11 is 0. The van der Waals surface area contributed by atoms with E-state index < -0.39 is 0 Å². The van der Waals surface area contributed by atoms with Crippen LogP contribution >= 0.6 is 0 Å². The predicted molar refractivity (Wildman–Crippen MR) is 71.8 cm³/mol. The molecule has 0 saturated heterocycles. The van der Waals surface area contributed by atoms with E-state index in [2.05, 4.69) is 22.8 Å². The van der Waals surface area contributed by atoms with Gasteiger partial charge in [-0.1, -0.05) is 12.2 Å². The Bertz CT molecular complexity index is 349. The molecule has 4 atom stereocenters. The molecule has 0 aliphatic heterocycles. The third-order valence-electron chi connectivity index (χ3n) is 3.95. The summed E-state index contributed by atoms with van der Waals surface area (Å²) in [5, 5.41) is 5.60. The molecule has 2 amide bonds. The average Bonchev–Trinajstić information content (AvgIpc) is 3.02. The third-order valence-corrected chi connectivity index (χ3v) is 3.95. The molecule has 6 N–H and O–H groups in total. The van der Waals surface area contributed by atoms with Gasteiger partial charge in [-0.25, -0.2) is 0 Å². The van der Waals surface area contributed by atoms with Crippen molar-refractivity contribution in [2.75, 3.05) is 26.2 Å². The first-order valence-corrected chi connectivity index (χ1v) is 6.83. The maximum Gasteiger partial charge on any atom is 0.224 e. The van der Waals surface area contributed by atoms with Crippen LogP contribution in [0.15, 0.2) is 12.2 Å². The first-order chi connectivity index (χ1) is 9.19. The van der Waals surface area contributed by atoms with Crippen LogP contribution in [0, 0.1) is 23.7 Å². The highest BCUT2D eigenvalue weighted by atomic mass is 16.2. The number of carbonyl (C=O) groups is 2. The lowest BCUT2D eigenvalue weighted by molar-refractivity contribution is -0.135. The van der Waals surface area contributed by atoms with Crippen LogP contribution in [0.25, 0.3) is 0 Å². The molecule has 0 heterocycles. The summed E-state index contributed by atoms with van der Waals surface area (Å²) in [6, 6.07) is 0. The number of allylic oxidation sites excluding steroid dienone is 2. The van der Waals surface area contributed by atoms with E-state index in [1.54, 1.807) is 0 Å². The van der Waals surface area contributed by atoms with Gasteiger partial charge in [-0.3, -0.25) is 9.59 Å². The van der Waals surface area contributed by atoms with Crippen molar-refractivity contribution in [3.8, 4) is 0 Å². The SMILES string of the molecule is NCCNC(=O)[C@H]1[C@H](C(=O)NCCN)[C@H]2C=C[C@@H]1C2. The van der Waals surface area contributed by atoms with Gasteiger partial charge in [0.25, 0.3) is 0 Å². The topological polar surface area (TPSA) is 110 Å². The van der Waals surface area contributed by atoms with Crippen LogP contribution < -0.4 is 22.1 Å². The molecule has 2 aliphatic rings. The summed E-state index contributed by atoms with van der Waals surface area (Å²) in [5.74, 6) is -0.295. The first kappa shape index (κ1) is 14.0. The number of carbonyl (C=O) groups excluding carboxylic acids is 2. The highest BCUT2D eigenvalue weighted by Gasteiger charge is 2.51. The lowest BCUT2D eigenvalue weighted by Gasteiger charge is -2.26. The summed E-state index contributed by atoms with van der Waals surface area (Å²) in [4.78, 5) is 24.4. The number of fused-ring (bicyclic) bond motifs is 2. The van der Waals surface area contributed by atoms with Gasteiger partial charge in [0.15, 0.2) is 0 Å². The van der Waals surface area contributed by atoms with Gasteiger partial charge < -0.3 is 22.1 Å². The van der Waals surface area contributed by atoms with E-state index in [1.807, 2.05) is 0 Å². The van der Waals surface area contributed by atoms with Crippen molar-refractivity contribution in [3.05, 3.63) is 12.2 Å². The van der Waals surface area contributed by atoms with Crippen molar-refractivity contribution in [2.24, 2.45) is 35.1 Å². The van der Waals surface area contributed by atoms with Crippen LogP contribution in [0.5, 0.6) is 0 Å². The molecule has 19 heavy (non-hydrogen) atoms. The lowest BCUT2D eigenvalue weighted by atomic mass is 9.81. The summed E-state index contributed by atoms with van der Waals surface area (Å²) < 4.78 is 0. The third kappa shape index (κ3) is 2.79. The Morgan fingerprint density at radius 2 is 1.37 bits per heavy atom. The van der Waals surface area contributed by atoms with E-state index in [0.717, 1.165) is 6.42 Å². The predicted octanol–water partition coefficient (Wildman–Crippen LogP) is -1.43. The zero-order chi connectivity index (χ0) is 13.8. The highest BCUT2D eigenvalue weighted by molar-refractivity contribution is 5.89. The van der Waals surface area contributed by atoms with Crippen molar-refractivity contribution in [3.63, 3.8) is 0 Å². The second-order valence-electron chi connectivity index (χ2n) is 5.16. The summed E-state index contributed by atoms with van der Waals surface area (Å²) in [5.41, 5.74) is 10.8. The molecule has 0 radical (unpaired) electrons. The Morgan fingerprint density at radius 3 is 1.74 bits per heavy atom. The monoisotopic (exact) mass is 266 g/mol. The van der Waals surface area contributed by atoms with E-state index in [-0.39, 0.29) is 35.5 Å². The molecule has 2 aliphatic carbocycles. The van der Waals surface area contributed by atoms with Gasteiger partial charge in [0.05, 0.1) is 11.8 Å². The Hall–Kier alpha value is -1.40. The van der Waals surface area contributed by atoms with Gasteiger partial charge in [-0.2, -0.15) is 0 Å². The Balaban J connectivity index is 2.04. The molecule has 2 bridgehead atoms. The molecule has 0 aromatic heterocycles. The van der Waals surface area contributed by atoms with Crippen LogP contribution in [0.1, 0.15) is 6.42 Å². The first-order valence-electron chi connectivity index (χ1n) is 6.83. The van der Waals surface area contributed by atoms with Gasteiger partial charge in [0.1, 0.15) is 0 Å². The normalized spacial score (nSPS) is 31.5. The molecule has 6 nitrogen and oxygen atoms in total. The number of rotatable bonds is 6. The second-order valence-corrected chi connectivity index (χ2v) is 5.16. The largest absolute Gasteiger partial charge is 0.355 e. The summed E-state index contributed by atoms with van der Waals surface area (Å²) in [7, 11) is 0.